The number of phenols is 1. The number of hydrogen-bond acceptors (Lipinski definition) is 6. The predicted octanol–water partition coefficient (Wildman–Crippen LogP) is 2.68. The molecule has 0 saturated carbocycles. The Kier molecular flexibility index (Phi) is 5.84. The first-order valence-corrected chi connectivity index (χ1v) is 10.4. The molecule has 1 aliphatic rings. The van der Waals surface area contributed by atoms with E-state index in [2.05, 4.69) is 0 Å². The molecule has 2 aromatic carbocycles. The molecule has 0 bridgehead atoms. The van der Waals surface area contributed by atoms with E-state index in [0.29, 0.717) is 0 Å². The normalized spacial score (nSPS) is 15.6. The van der Waals surface area contributed by atoms with Crippen LogP contribution in [0.3, 0.4) is 0 Å². The van der Waals surface area contributed by atoms with Gasteiger partial charge in [0.2, 0.25) is 0 Å². The lowest BCUT2D eigenvalue weighted by atomic mass is 9.86. The average Bonchev–Trinajstić information content (AvgIpc) is 2.71. The molecule has 4 N–H and O–H groups in total. The first-order valence-electron chi connectivity index (χ1n) is 8.97. The molecule has 1 aliphatic carbocycles. The summed E-state index contributed by atoms with van der Waals surface area (Å²) in [6, 6.07) is 8.76. The topological polar surface area (TPSA) is 166 Å². The van der Waals surface area contributed by atoms with Gasteiger partial charge in [-0.3, -0.25) is 9.35 Å². The number of hydrogen-bond donors (Lipinski definition) is 4. The monoisotopic (exact) mass is 456 g/mol. The number of benzene rings is 2. The van der Waals surface area contributed by atoms with E-state index in [1.165, 1.54) is 37.3 Å². The molecule has 9 nitrogen and oxygen atoms in total. The Hall–Kier alpha value is -4.02. The second-order valence-corrected chi connectivity index (χ2v) is 8.25. The Labute approximate surface area is 182 Å². The first-order chi connectivity index (χ1) is 14.9. The lowest BCUT2D eigenvalue weighted by molar-refractivity contribution is -0.134. The summed E-state index contributed by atoms with van der Waals surface area (Å²) >= 11 is 0. The van der Waals surface area contributed by atoms with Crippen LogP contribution in [0.4, 0.5) is 0 Å². The molecule has 10 heteroatoms. The van der Waals surface area contributed by atoms with E-state index >= 15 is 0 Å². The molecule has 0 heterocycles. The molecule has 32 heavy (non-hydrogen) atoms. The van der Waals surface area contributed by atoms with Gasteiger partial charge in [-0.2, -0.15) is 8.42 Å². The van der Waals surface area contributed by atoms with E-state index in [-0.39, 0.29) is 27.8 Å². The quantitative estimate of drug-likeness (QED) is 0.391. The average molecular weight is 456 g/mol. The second-order valence-electron chi connectivity index (χ2n) is 6.86. The third-order valence-corrected chi connectivity index (χ3v) is 5.66. The number of aliphatic carboxylic acids is 1. The number of carboxylic acids is 2. The number of ketones is 1. The minimum atomic E-state index is -4.74. The zero-order valence-electron chi connectivity index (χ0n) is 16.4. The summed E-state index contributed by atoms with van der Waals surface area (Å²) in [4.78, 5) is 34.8. The summed E-state index contributed by atoms with van der Waals surface area (Å²) < 4.78 is 33.7. The molecule has 0 aliphatic heterocycles. The van der Waals surface area contributed by atoms with Crippen LogP contribution in [0.25, 0.3) is 5.57 Å². The molecule has 0 atom stereocenters. The molecule has 164 valence electrons. The van der Waals surface area contributed by atoms with Gasteiger partial charge >= 0.3 is 11.9 Å². The van der Waals surface area contributed by atoms with Crippen molar-refractivity contribution in [1.82, 2.24) is 0 Å². The van der Waals surface area contributed by atoms with Gasteiger partial charge in [0.15, 0.2) is 5.78 Å². The fourth-order valence-electron chi connectivity index (χ4n) is 3.32. The van der Waals surface area contributed by atoms with E-state index < -0.39 is 49.6 Å². The maximum Gasteiger partial charge on any atom is 0.339 e. The molecular formula is C22H16O9S. The van der Waals surface area contributed by atoms with Crippen molar-refractivity contribution in [1.29, 1.82) is 0 Å². The number of carboxylic acid groups (broad SMARTS) is 2. The van der Waals surface area contributed by atoms with Gasteiger partial charge in [0, 0.05) is 5.56 Å². The molecule has 0 radical (unpaired) electrons. The summed E-state index contributed by atoms with van der Waals surface area (Å²) in [6.07, 6.45) is 2.37. The highest BCUT2D eigenvalue weighted by atomic mass is 32.2. The maximum absolute atomic E-state index is 12.2. The summed E-state index contributed by atoms with van der Waals surface area (Å²) in [5.41, 5.74) is -0.834. The van der Waals surface area contributed by atoms with Gasteiger partial charge in [-0.15, -0.1) is 0 Å². The van der Waals surface area contributed by atoms with Crippen molar-refractivity contribution in [2.75, 3.05) is 0 Å². The van der Waals surface area contributed by atoms with Crippen molar-refractivity contribution in [3.63, 3.8) is 0 Å². The van der Waals surface area contributed by atoms with Crippen LogP contribution < -0.4 is 0 Å². The standard InChI is InChI=1S/C22H16O9S/c1-11-8-13(10-16(20(11)24)22(27)28)19(12-6-7-17(23)15(9-12)21(25)26)14-4-2-3-5-18(14)32(29,30)31/h2-10,23H,1H3,(H,25,26)(H,27,28)(H,29,30,31)/b19-13+. The number of aromatic carboxylic acids is 1. The predicted molar refractivity (Wildman–Crippen MR) is 112 cm³/mol. The summed E-state index contributed by atoms with van der Waals surface area (Å²) in [6.45, 7) is 1.38. The molecule has 0 saturated heterocycles. The smallest absolute Gasteiger partial charge is 0.339 e. The number of rotatable bonds is 5. The Morgan fingerprint density at radius 2 is 1.56 bits per heavy atom. The van der Waals surface area contributed by atoms with Crippen LogP contribution in [0.15, 0.2) is 76.2 Å². The number of carbonyl (C=O) groups excluding carboxylic acids is 1. The number of allylic oxidation sites excluding steroid dienone is 4. The lowest BCUT2D eigenvalue weighted by Gasteiger charge is -2.18. The van der Waals surface area contributed by atoms with Crippen LogP contribution in [-0.2, 0) is 19.7 Å². The second kappa shape index (κ2) is 8.25. The van der Waals surface area contributed by atoms with Crippen LogP contribution in [-0.4, -0.2) is 46.0 Å². The van der Waals surface area contributed by atoms with Crippen LogP contribution in [0.5, 0.6) is 5.75 Å². The minimum Gasteiger partial charge on any atom is -0.507 e. The summed E-state index contributed by atoms with van der Waals surface area (Å²) in [7, 11) is -4.74. The van der Waals surface area contributed by atoms with Crippen LogP contribution in [0.2, 0.25) is 0 Å². The third-order valence-electron chi connectivity index (χ3n) is 4.74. The SMILES string of the molecule is CC1=C/C(=C(/c2ccc(O)c(C(=O)O)c2)c2ccccc2S(=O)(=O)O)C=C(C(=O)O)C1=O. The minimum absolute atomic E-state index is 0.0336. The molecule has 0 spiro atoms. The van der Waals surface area contributed by atoms with Gasteiger partial charge < -0.3 is 15.3 Å². The van der Waals surface area contributed by atoms with Gasteiger partial charge in [-0.05, 0) is 59.6 Å². The Bertz CT molecular complexity index is 1380. The van der Waals surface area contributed by atoms with Crippen molar-refractivity contribution >= 4 is 33.4 Å². The van der Waals surface area contributed by atoms with Crippen molar-refractivity contribution in [3.8, 4) is 5.75 Å². The van der Waals surface area contributed by atoms with Crippen LogP contribution in [0, 0.1) is 0 Å². The lowest BCUT2D eigenvalue weighted by Crippen LogP contribution is -2.17. The first kappa shape index (κ1) is 22.7. The highest BCUT2D eigenvalue weighted by Gasteiger charge is 2.27. The van der Waals surface area contributed by atoms with Gasteiger partial charge in [0.25, 0.3) is 10.1 Å². The van der Waals surface area contributed by atoms with Gasteiger partial charge in [-0.1, -0.05) is 24.3 Å². The van der Waals surface area contributed by atoms with E-state index in [4.69, 9.17) is 0 Å². The van der Waals surface area contributed by atoms with E-state index in [1.807, 2.05) is 0 Å². The van der Waals surface area contributed by atoms with E-state index in [9.17, 15) is 42.7 Å². The van der Waals surface area contributed by atoms with Gasteiger partial charge in [0.1, 0.15) is 21.8 Å². The van der Waals surface area contributed by atoms with E-state index in [0.717, 1.165) is 24.3 Å². The number of carbonyl (C=O) groups is 3. The van der Waals surface area contributed by atoms with Crippen molar-refractivity contribution in [3.05, 3.63) is 88.0 Å². The molecular weight excluding hydrogens is 440 g/mol. The Morgan fingerprint density at radius 3 is 2.16 bits per heavy atom. The van der Waals surface area contributed by atoms with Gasteiger partial charge in [-0.25, -0.2) is 9.59 Å². The highest BCUT2D eigenvalue weighted by Crippen LogP contribution is 2.36. The fourth-order valence-corrected chi connectivity index (χ4v) is 4.01. The zero-order valence-corrected chi connectivity index (χ0v) is 17.3. The highest BCUT2D eigenvalue weighted by molar-refractivity contribution is 7.86. The summed E-state index contributed by atoms with van der Waals surface area (Å²) in [5, 5.41) is 28.7. The number of Topliss-reactive ketones (excluding diaryl/α,β-unsaturated/α-hetero) is 1. The largest absolute Gasteiger partial charge is 0.507 e. The van der Waals surface area contributed by atoms with Crippen molar-refractivity contribution in [2.24, 2.45) is 0 Å². The molecule has 3 rings (SSSR count). The zero-order chi connectivity index (χ0) is 23.8. The van der Waals surface area contributed by atoms with Crippen molar-refractivity contribution < 1.29 is 42.7 Å². The Balaban J connectivity index is 2.50. The molecule has 0 aromatic heterocycles. The van der Waals surface area contributed by atoms with Crippen LogP contribution >= 0.6 is 0 Å². The number of aromatic hydroxyl groups is 1. The molecule has 0 unspecified atom stereocenters. The summed E-state index contributed by atoms with van der Waals surface area (Å²) in [5.74, 6) is -4.23. The van der Waals surface area contributed by atoms with Gasteiger partial charge in [0.05, 0.1) is 0 Å². The molecule has 2 aromatic rings. The molecule has 0 amide bonds. The van der Waals surface area contributed by atoms with E-state index in [1.54, 1.807) is 0 Å². The fraction of sp³-hybridized carbons (Fsp3) is 0.0455. The van der Waals surface area contributed by atoms with Crippen LogP contribution in [0.1, 0.15) is 28.4 Å². The van der Waals surface area contributed by atoms with Crippen molar-refractivity contribution in [2.45, 2.75) is 11.8 Å². The Morgan fingerprint density at radius 1 is 0.906 bits per heavy atom. The third kappa shape index (κ3) is 4.22. The molecule has 0 fully saturated rings. The maximum atomic E-state index is 12.2.